The van der Waals surface area contributed by atoms with Crippen LogP contribution in [0, 0.1) is 12.7 Å². The molecule has 4 rings (SSSR count). The lowest BCUT2D eigenvalue weighted by Crippen LogP contribution is -2.34. The van der Waals surface area contributed by atoms with Gasteiger partial charge in [-0.25, -0.2) is 9.37 Å². The summed E-state index contributed by atoms with van der Waals surface area (Å²) in [7, 11) is 0. The highest BCUT2D eigenvalue weighted by Gasteiger charge is 2.33. The van der Waals surface area contributed by atoms with Gasteiger partial charge in [0.15, 0.2) is 5.82 Å². The van der Waals surface area contributed by atoms with E-state index >= 15 is 0 Å². The molecule has 1 heterocycles. The predicted molar refractivity (Wildman–Crippen MR) is 107 cm³/mol. The zero-order valence-electron chi connectivity index (χ0n) is 15.6. The van der Waals surface area contributed by atoms with Crippen LogP contribution in [0.2, 0.25) is 0 Å². The number of hydrogen-bond donors (Lipinski definition) is 1. The maximum absolute atomic E-state index is 14.0. The second-order valence-electron chi connectivity index (χ2n) is 6.97. The summed E-state index contributed by atoms with van der Waals surface area (Å²) in [4.78, 5) is 19.0. The number of carbonyl (C=O) groups excluding carboxylic acids is 1. The van der Waals surface area contributed by atoms with Gasteiger partial charge in [0.2, 0.25) is 11.1 Å². The van der Waals surface area contributed by atoms with E-state index in [4.69, 9.17) is 0 Å². The van der Waals surface area contributed by atoms with E-state index < -0.39 is 0 Å². The highest BCUT2D eigenvalue weighted by atomic mass is 32.2. The lowest BCUT2D eigenvalue weighted by Gasteiger charge is -2.22. The molecule has 0 radical (unpaired) electrons. The fourth-order valence-electron chi connectivity index (χ4n) is 2.98. The van der Waals surface area contributed by atoms with Crippen LogP contribution in [0.25, 0.3) is 11.4 Å². The third-order valence-corrected chi connectivity index (χ3v) is 5.55. The Bertz CT molecular complexity index is 969. The number of nitrogens with one attached hydrogen (secondary N) is 1. The molecule has 0 spiro atoms. The molecule has 1 aliphatic rings. The van der Waals surface area contributed by atoms with Gasteiger partial charge in [-0.2, -0.15) is 0 Å². The van der Waals surface area contributed by atoms with Crippen LogP contribution in [0.15, 0.2) is 53.7 Å². The molecule has 1 fully saturated rings. The van der Waals surface area contributed by atoms with E-state index in [1.165, 1.54) is 23.4 Å². The molecule has 28 heavy (non-hydrogen) atoms. The van der Waals surface area contributed by atoms with Crippen molar-refractivity contribution in [3.8, 4) is 11.4 Å². The van der Waals surface area contributed by atoms with Gasteiger partial charge in [0.25, 0.3) is 0 Å². The Labute approximate surface area is 167 Å². The molecule has 1 amide bonds. The fourth-order valence-corrected chi connectivity index (χ4v) is 3.66. The van der Waals surface area contributed by atoms with Crippen molar-refractivity contribution in [2.45, 2.75) is 37.5 Å². The van der Waals surface area contributed by atoms with Crippen LogP contribution in [0.4, 0.5) is 4.39 Å². The maximum atomic E-state index is 14.0. The second kappa shape index (κ2) is 8.14. The molecular formula is C21H21FN4OS. The third-order valence-electron chi connectivity index (χ3n) is 4.72. The van der Waals surface area contributed by atoms with E-state index in [2.05, 4.69) is 15.2 Å². The summed E-state index contributed by atoms with van der Waals surface area (Å²) in [6, 6.07) is 14.8. The Balaban J connectivity index is 1.39. The van der Waals surface area contributed by atoms with Crippen molar-refractivity contribution >= 4 is 17.7 Å². The molecule has 1 saturated carbocycles. The Morgan fingerprint density at radius 3 is 2.68 bits per heavy atom. The molecular weight excluding hydrogens is 375 g/mol. The highest BCUT2D eigenvalue weighted by Crippen LogP contribution is 2.30. The number of aromatic amines is 1. The molecule has 0 atom stereocenters. The van der Waals surface area contributed by atoms with E-state index in [9.17, 15) is 9.18 Å². The zero-order chi connectivity index (χ0) is 19.5. The summed E-state index contributed by atoms with van der Waals surface area (Å²) in [6.45, 7) is 2.34. The smallest absolute Gasteiger partial charge is 0.233 e. The number of H-pyrrole nitrogens is 1. The molecule has 144 valence electrons. The van der Waals surface area contributed by atoms with Crippen LogP contribution in [-0.2, 0) is 11.3 Å². The first kappa shape index (κ1) is 18.7. The third kappa shape index (κ3) is 4.42. The number of thioether (sulfide) groups is 1. The highest BCUT2D eigenvalue weighted by molar-refractivity contribution is 7.99. The molecule has 0 unspecified atom stereocenters. The number of hydrogen-bond acceptors (Lipinski definition) is 4. The molecule has 1 aromatic heterocycles. The number of aryl methyl sites for hydroxylation is 1. The monoisotopic (exact) mass is 396 g/mol. The average molecular weight is 396 g/mol. The molecule has 2 aromatic carbocycles. The molecule has 0 saturated heterocycles. The first-order chi connectivity index (χ1) is 13.6. The molecule has 1 aliphatic carbocycles. The van der Waals surface area contributed by atoms with Crippen LogP contribution >= 0.6 is 11.8 Å². The summed E-state index contributed by atoms with van der Waals surface area (Å²) in [5.74, 6) is 0.624. The zero-order valence-corrected chi connectivity index (χ0v) is 16.4. The van der Waals surface area contributed by atoms with Crippen molar-refractivity contribution in [1.29, 1.82) is 0 Å². The van der Waals surface area contributed by atoms with Gasteiger partial charge >= 0.3 is 0 Å². The van der Waals surface area contributed by atoms with E-state index in [1.54, 1.807) is 23.1 Å². The Morgan fingerprint density at radius 1 is 1.21 bits per heavy atom. The summed E-state index contributed by atoms with van der Waals surface area (Å²) >= 11 is 1.30. The average Bonchev–Trinajstić information content (AvgIpc) is 3.43. The van der Waals surface area contributed by atoms with Gasteiger partial charge in [-0.1, -0.05) is 59.8 Å². The minimum absolute atomic E-state index is 0.0163. The lowest BCUT2D eigenvalue weighted by atomic mass is 10.1. The van der Waals surface area contributed by atoms with Crippen LogP contribution in [0.1, 0.15) is 24.0 Å². The number of nitrogens with zero attached hydrogens (tertiary/aromatic N) is 3. The van der Waals surface area contributed by atoms with Crippen molar-refractivity contribution in [3.05, 3.63) is 65.5 Å². The van der Waals surface area contributed by atoms with Crippen molar-refractivity contribution in [1.82, 2.24) is 20.1 Å². The molecule has 0 bridgehead atoms. The van der Waals surface area contributed by atoms with Gasteiger partial charge in [-0.15, -0.1) is 5.10 Å². The van der Waals surface area contributed by atoms with Gasteiger partial charge < -0.3 is 4.90 Å². The van der Waals surface area contributed by atoms with Gasteiger partial charge in [0.1, 0.15) is 5.82 Å². The number of benzene rings is 2. The quantitative estimate of drug-likeness (QED) is 0.608. The molecule has 7 heteroatoms. The van der Waals surface area contributed by atoms with E-state index in [0.717, 1.165) is 18.4 Å². The van der Waals surface area contributed by atoms with Crippen LogP contribution < -0.4 is 0 Å². The van der Waals surface area contributed by atoms with E-state index in [1.807, 2.05) is 31.2 Å². The minimum atomic E-state index is -0.273. The topological polar surface area (TPSA) is 61.9 Å². The van der Waals surface area contributed by atoms with Crippen molar-refractivity contribution < 1.29 is 9.18 Å². The number of carbonyl (C=O) groups is 1. The number of halogens is 1. The van der Waals surface area contributed by atoms with Crippen LogP contribution in [0.5, 0.6) is 0 Å². The fraction of sp³-hybridized carbons (Fsp3) is 0.286. The van der Waals surface area contributed by atoms with Crippen molar-refractivity contribution in [3.63, 3.8) is 0 Å². The summed E-state index contributed by atoms with van der Waals surface area (Å²) in [5.41, 5.74) is 2.68. The number of aromatic nitrogens is 3. The number of amides is 1. The molecule has 1 N–H and O–H groups in total. The van der Waals surface area contributed by atoms with Crippen LogP contribution in [0.3, 0.4) is 0 Å². The first-order valence-corrected chi connectivity index (χ1v) is 10.2. The molecule has 5 nitrogen and oxygen atoms in total. The minimum Gasteiger partial charge on any atom is -0.335 e. The standard InChI is InChI=1S/C21H21FN4OS/c1-14-6-8-15(9-7-14)20-23-21(25-24-20)28-13-19(27)26(17-10-11-17)12-16-4-2-3-5-18(16)22/h2-9,17H,10-13H2,1H3,(H,23,24,25). The van der Waals surface area contributed by atoms with Gasteiger partial charge in [-0.3, -0.25) is 9.89 Å². The normalized spacial score (nSPS) is 13.5. The second-order valence-corrected chi connectivity index (χ2v) is 7.91. The molecule has 3 aromatic rings. The Hall–Kier alpha value is -2.67. The van der Waals surface area contributed by atoms with E-state index in [0.29, 0.717) is 23.1 Å². The lowest BCUT2D eigenvalue weighted by molar-refractivity contribution is -0.129. The van der Waals surface area contributed by atoms with Crippen molar-refractivity contribution in [2.24, 2.45) is 0 Å². The summed E-state index contributed by atoms with van der Waals surface area (Å²) in [5, 5.41) is 7.65. The van der Waals surface area contributed by atoms with Crippen molar-refractivity contribution in [2.75, 3.05) is 5.75 Å². The molecule has 0 aliphatic heterocycles. The summed E-state index contributed by atoms with van der Waals surface area (Å²) < 4.78 is 14.0. The predicted octanol–water partition coefficient (Wildman–Crippen LogP) is 4.20. The van der Waals surface area contributed by atoms with Gasteiger partial charge in [0, 0.05) is 23.7 Å². The maximum Gasteiger partial charge on any atom is 0.233 e. The van der Waals surface area contributed by atoms with Gasteiger partial charge in [-0.05, 0) is 25.8 Å². The Morgan fingerprint density at radius 2 is 1.96 bits per heavy atom. The number of rotatable bonds is 7. The SMILES string of the molecule is Cc1ccc(-c2nc(SCC(=O)N(Cc3ccccc3F)C3CC3)n[nH]2)cc1. The largest absolute Gasteiger partial charge is 0.335 e. The van der Waals surface area contributed by atoms with E-state index in [-0.39, 0.29) is 23.5 Å². The van der Waals surface area contributed by atoms with Gasteiger partial charge in [0.05, 0.1) is 5.75 Å². The first-order valence-electron chi connectivity index (χ1n) is 9.25. The Kier molecular flexibility index (Phi) is 5.43. The summed E-state index contributed by atoms with van der Waals surface area (Å²) in [6.07, 6.45) is 1.95. The van der Waals surface area contributed by atoms with Crippen LogP contribution in [-0.4, -0.2) is 37.8 Å².